The van der Waals surface area contributed by atoms with Gasteiger partial charge < -0.3 is 14.4 Å². The smallest absolute Gasteiger partial charge is 0.425 e. The summed E-state index contributed by atoms with van der Waals surface area (Å²) in [5.41, 5.74) is 2.09. The van der Waals surface area contributed by atoms with Gasteiger partial charge >= 0.3 is 12.4 Å². The molecular formula is C25H20F4N4O4. The van der Waals surface area contributed by atoms with Gasteiger partial charge in [-0.1, -0.05) is 24.3 Å². The van der Waals surface area contributed by atoms with Crippen molar-refractivity contribution in [2.75, 3.05) is 11.6 Å². The molecule has 2 aromatic heterocycles. The molecule has 0 atom stereocenters. The number of pyridine rings is 1. The molecule has 4 aromatic rings. The number of alkyl halides is 3. The molecule has 3 heterocycles. The SMILES string of the molecule is Fc1ccc(Cn2c(Oc3cccc(OC(F)(F)F)c3)nc3c2COOCN3Cc2ccccn2)cc1. The zero-order chi connectivity index (χ0) is 25.8. The number of hydrogen-bond donors (Lipinski definition) is 0. The van der Waals surface area contributed by atoms with Crippen molar-refractivity contribution in [3.63, 3.8) is 0 Å². The van der Waals surface area contributed by atoms with E-state index in [4.69, 9.17) is 14.5 Å². The van der Waals surface area contributed by atoms with Crippen molar-refractivity contribution in [3.05, 3.63) is 95.7 Å². The summed E-state index contributed by atoms with van der Waals surface area (Å²) < 4.78 is 63.3. The van der Waals surface area contributed by atoms with Crippen LogP contribution in [0.5, 0.6) is 17.5 Å². The van der Waals surface area contributed by atoms with Crippen LogP contribution in [0, 0.1) is 5.82 Å². The number of anilines is 1. The van der Waals surface area contributed by atoms with E-state index >= 15 is 0 Å². The number of imidazole rings is 1. The van der Waals surface area contributed by atoms with Crippen molar-refractivity contribution in [1.29, 1.82) is 0 Å². The summed E-state index contributed by atoms with van der Waals surface area (Å²) in [5.74, 6) is -0.250. The van der Waals surface area contributed by atoms with Crippen LogP contribution in [-0.2, 0) is 29.5 Å². The van der Waals surface area contributed by atoms with Gasteiger partial charge in [0.25, 0.3) is 0 Å². The maximum absolute atomic E-state index is 13.5. The van der Waals surface area contributed by atoms with E-state index in [1.165, 1.54) is 30.3 Å². The molecule has 2 aromatic carbocycles. The van der Waals surface area contributed by atoms with Crippen molar-refractivity contribution in [2.45, 2.75) is 26.1 Å². The fourth-order valence-electron chi connectivity index (χ4n) is 3.77. The standard InChI is InChI=1S/C25H20F4N4O4/c26-18-9-7-17(8-10-18)13-33-22-15-34-35-16-32(14-19-4-1-2-11-30-19)23(22)31-24(33)36-20-5-3-6-21(12-20)37-25(27,28)29/h1-12H,13-16H2. The average Bonchev–Trinajstić information content (AvgIpc) is 3.06. The van der Waals surface area contributed by atoms with E-state index in [-0.39, 0.29) is 37.5 Å². The molecule has 0 saturated carbocycles. The van der Waals surface area contributed by atoms with Crippen LogP contribution in [0.2, 0.25) is 0 Å². The molecule has 0 bridgehead atoms. The van der Waals surface area contributed by atoms with E-state index in [1.54, 1.807) is 33.9 Å². The van der Waals surface area contributed by atoms with Gasteiger partial charge in [-0.25, -0.2) is 14.2 Å². The summed E-state index contributed by atoms with van der Waals surface area (Å²) in [4.78, 5) is 21.4. The minimum absolute atomic E-state index is 0.0167. The molecule has 0 amide bonds. The summed E-state index contributed by atoms with van der Waals surface area (Å²) in [7, 11) is 0. The molecule has 0 spiro atoms. The lowest BCUT2D eigenvalue weighted by molar-refractivity contribution is -0.301. The lowest BCUT2D eigenvalue weighted by Crippen LogP contribution is -2.25. The first kappa shape index (κ1) is 24.5. The Balaban J connectivity index is 1.52. The molecule has 0 unspecified atom stereocenters. The van der Waals surface area contributed by atoms with Crippen LogP contribution in [0.1, 0.15) is 17.0 Å². The number of ether oxygens (including phenoxy) is 2. The van der Waals surface area contributed by atoms with Gasteiger partial charge in [-0.2, -0.15) is 4.98 Å². The highest BCUT2D eigenvalue weighted by atomic mass is 19.4. The monoisotopic (exact) mass is 516 g/mol. The van der Waals surface area contributed by atoms with Gasteiger partial charge in [0.2, 0.25) is 0 Å². The third-order valence-corrected chi connectivity index (χ3v) is 5.38. The fraction of sp³-hybridized carbons (Fsp3) is 0.200. The number of nitrogens with zero attached hydrogens (tertiary/aromatic N) is 4. The molecule has 0 fully saturated rings. The van der Waals surface area contributed by atoms with E-state index in [0.717, 1.165) is 17.3 Å². The molecule has 0 saturated heterocycles. The summed E-state index contributed by atoms with van der Waals surface area (Å²) in [6.07, 6.45) is -3.18. The number of hydrogen-bond acceptors (Lipinski definition) is 7. The zero-order valence-electron chi connectivity index (χ0n) is 19.2. The lowest BCUT2D eigenvalue weighted by atomic mass is 10.2. The molecule has 1 aliphatic rings. The van der Waals surface area contributed by atoms with Crippen molar-refractivity contribution in [2.24, 2.45) is 0 Å². The van der Waals surface area contributed by atoms with Crippen molar-refractivity contribution in [3.8, 4) is 17.5 Å². The Labute approximate surface area is 208 Å². The largest absolute Gasteiger partial charge is 0.573 e. The predicted molar refractivity (Wildman–Crippen MR) is 122 cm³/mol. The molecule has 8 nitrogen and oxygen atoms in total. The van der Waals surface area contributed by atoms with Crippen molar-refractivity contribution in [1.82, 2.24) is 14.5 Å². The fourth-order valence-corrected chi connectivity index (χ4v) is 3.77. The highest BCUT2D eigenvalue weighted by Gasteiger charge is 2.31. The van der Waals surface area contributed by atoms with Crippen LogP contribution in [-0.4, -0.2) is 27.6 Å². The normalized spacial score (nSPS) is 13.7. The molecule has 0 N–H and O–H groups in total. The van der Waals surface area contributed by atoms with Crippen LogP contribution in [0.4, 0.5) is 23.4 Å². The molecule has 0 aliphatic carbocycles. The highest BCUT2D eigenvalue weighted by Crippen LogP contribution is 2.34. The number of benzene rings is 2. The molecule has 37 heavy (non-hydrogen) atoms. The van der Waals surface area contributed by atoms with E-state index in [9.17, 15) is 17.6 Å². The number of fused-ring (bicyclic) bond motifs is 1. The Kier molecular flexibility index (Phi) is 6.93. The lowest BCUT2D eigenvalue weighted by Gasteiger charge is -2.19. The van der Waals surface area contributed by atoms with Crippen molar-refractivity contribution >= 4 is 5.82 Å². The summed E-state index contributed by atoms with van der Waals surface area (Å²) in [6, 6.07) is 16.6. The zero-order valence-corrected chi connectivity index (χ0v) is 19.2. The topological polar surface area (TPSA) is 70.9 Å². The Morgan fingerprint density at radius 2 is 1.73 bits per heavy atom. The second-order valence-corrected chi connectivity index (χ2v) is 8.03. The number of halogens is 4. The first-order valence-electron chi connectivity index (χ1n) is 11.1. The minimum atomic E-state index is -4.85. The van der Waals surface area contributed by atoms with Crippen LogP contribution in [0.25, 0.3) is 0 Å². The first-order valence-corrected chi connectivity index (χ1v) is 11.1. The molecular weight excluding hydrogens is 496 g/mol. The van der Waals surface area contributed by atoms with Crippen molar-refractivity contribution < 1.29 is 36.8 Å². The molecule has 192 valence electrons. The molecule has 0 radical (unpaired) electrons. The number of rotatable bonds is 7. The van der Waals surface area contributed by atoms with E-state index < -0.39 is 12.1 Å². The van der Waals surface area contributed by atoms with Gasteiger partial charge in [0.1, 0.15) is 23.9 Å². The number of aromatic nitrogens is 3. The van der Waals surface area contributed by atoms with E-state index in [0.29, 0.717) is 18.1 Å². The minimum Gasteiger partial charge on any atom is -0.425 e. The van der Waals surface area contributed by atoms with E-state index in [1.807, 2.05) is 12.1 Å². The van der Waals surface area contributed by atoms with Crippen LogP contribution >= 0.6 is 0 Å². The predicted octanol–water partition coefficient (Wildman–Crippen LogP) is 5.58. The van der Waals surface area contributed by atoms with Gasteiger partial charge in [0, 0.05) is 12.3 Å². The third kappa shape index (κ3) is 6.16. The van der Waals surface area contributed by atoms with Crippen LogP contribution in [0.3, 0.4) is 0 Å². The Bertz CT molecular complexity index is 1350. The molecule has 1 aliphatic heterocycles. The first-order chi connectivity index (χ1) is 17.8. The maximum Gasteiger partial charge on any atom is 0.573 e. The van der Waals surface area contributed by atoms with Gasteiger partial charge in [-0.05, 0) is 42.0 Å². The molecule has 5 rings (SSSR count). The Morgan fingerprint density at radius 3 is 2.49 bits per heavy atom. The summed E-state index contributed by atoms with van der Waals surface area (Å²) in [6.45, 7) is 0.630. The maximum atomic E-state index is 13.5. The van der Waals surface area contributed by atoms with Gasteiger partial charge in [0.15, 0.2) is 12.5 Å². The average molecular weight is 516 g/mol. The van der Waals surface area contributed by atoms with Crippen LogP contribution < -0.4 is 14.4 Å². The molecule has 12 heteroatoms. The van der Waals surface area contributed by atoms with Gasteiger partial charge in [-0.15, -0.1) is 13.2 Å². The highest BCUT2D eigenvalue weighted by molar-refractivity contribution is 5.49. The quantitative estimate of drug-likeness (QED) is 0.235. The second-order valence-electron chi connectivity index (χ2n) is 8.03. The third-order valence-electron chi connectivity index (χ3n) is 5.38. The summed E-state index contributed by atoms with van der Waals surface area (Å²) in [5, 5.41) is 0. The van der Waals surface area contributed by atoms with Gasteiger partial charge in [-0.3, -0.25) is 9.55 Å². The summed E-state index contributed by atoms with van der Waals surface area (Å²) >= 11 is 0. The van der Waals surface area contributed by atoms with Gasteiger partial charge in [0.05, 0.1) is 24.5 Å². The second kappa shape index (κ2) is 10.4. The van der Waals surface area contributed by atoms with Crippen LogP contribution in [0.15, 0.2) is 72.9 Å². The van der Waals surface area contributed by atoms with E-state index in [2.05, 4.69) is 14.7 Å². The Hall–Kier alpha value is -4.16. The Morgan fingerprint density at radius 1 is 0.919 bits per heavy atom.